The van der Waals surface area contributed by atoms with Crippen molar-refractivity contribution < 1.29 is 19.1 Å². The summed E-state index contributed by atoms with van der Waals surface area (Å²) in [4.78, 5) is 0. The SMILES string of the molecule is NOP(=O)(Cc1ccccc1)OO. The van der Waals surface area contributed by atoms with E-state index in [2.05, 4.69) is 9.30 Å². The van der Waals surface area contributed by atoms with Crippen LogP contribution in [0.4, 0.5) is 0 Å². The first-order valence-electron chi connectivity index (χ1n) is 3.55. The smallest absolute Gasteiger partial charge is 0.256 e. The van der Waals surface area contributed by atoms with Crippen LogP contribution in [0.15, 0.2) is 30.3 Å². The van der Waals surface area contributed by atoms with Gasteiger partial charge < -0.3 is 0 Å². The predicted molar refractivity (Wildman–Crippen MR) is 46.7 cm³/mol. The van der Waals surface area contributed by atoms with Crippen LogP contribution in [0.5, 0.6) is 0 Å². The Morgan fingerprint density at radius 2 is 2.00 bits per heavy atom. The Morgan fingerprint density at radius 3 is 2.46 bits per heavy atom. The quantitative estimate of drug-likeness (QED) is 0.442. The summed E-state index contributed by atoms with van der Waals surface area (Å²) in [5, 5.41) is 8.28. The second-order valence-electron chi connectivity index (χ2n) is 2.44. The molecule has 0 bridgehead atoms. The number of hydrogen-bond donors (Lipinski definition) is 2. The summed E-state index contributed by atoms with van der Waals surface area (Å²) in [7, 11) is -3.57. The average molecular weight is 203 g/mol. The molecule has 0 heterocycles. The molecule has 0 radical (unpaired) electrons. The van der Waals surface area contributed by atoms with Gasteiger partial charge in [-0.25, -0.2) is 15.8 Å². The number of rotatable bonds is 4. The third kappa shape index (κ3) is 2.91. The van der Waals surface area contributed by atoms with Crippen molar-refractivity contribution in [1.29, 1.82) is 0 Å². The van der Waals surface area contributed by atoms with Gasteiger partial charge in [0.25, 0.3) is 0 Å². The zero-order valence-electron chi connectivity index (χ0n) is 6.79. The molecule has 1 aromatic rings. The predicted octanol–water partition coefficient (Wildman–Crippen LogP) is 1.76. The molecule has 1 aromatic carbocycles. The molecule has 1 rings (SSSR count). The van der Waals surface area contributed by atoms with Crippen LogP contribution < -0.4 is 5.90 Å². The molecule has 13 heavy (non-hydrogen) atoms. The molecule has 1 atom stereocenters. The normalized spacial score (nSPS) is 15.2. The van der Waals surface area contributed by atoms with Gasteiger partial charge in [0.05, 0.1) is 6.16 Å². The number of benzene rings is 1. The Hall–Kier alpha value is -0.710. The zero-order valence-corrected chi connectivity index (χ0v) is 7.68. The topological polar surface area (TPSA) is 81.8 Å². The highest BCUT2D eigenvalue weighted by Crippen LogP contribution is 2.48. The van der Waals surface area contributed by atoms with E-state index in [1.54, 1.807) is 24.3 Å². The molecule has 3 N–H and O–H groups in total. The van der Waals surface area contributed by atoms with Crippen LogP contribution in [0.3, 0.4) is 0 Å². The van der Waals surface area contributed by atoms with Crippen molar-refractivity contribution in [3.05, 3.63) is 35.9 Å². The fraction of sp³-hybridized carbons (Fsp3) is 0.143. The summed E-state index contributed by atoms with van der Waals surface area (Å²) < 4.78 is 19.1. The van der Waals surface area contributed by atoms with E-state index in [-0.39, 0.29) is 6.16 Å². The van der Waals surface area contributed by atoms with E-state index in [0.29, 0.717) is 5.56 Å². The highest BCUT2D eigenvalue weighted by Gasteiger charge is 2.24. The molecule has 0 aliphatic heterocycles. The molecule has 0 aromatic heterocycles. The Kier molecular flexibility index (Phi) is 3.59. The van der Waals surface area contributed by atoms with Crippen LogP contribution in [-0.4, -0.2) is 5.26 Å². The van der Waals surface area contributed by atoms with Crippen molar-refractivity contribution in [3.8, 4) is 0 Å². The van der Waals surface area contributed by atoms with Crippen molar-refractivity contribution in [3.63, 3.8) is 0 Å². The summed E-state index contributed by atoms with van der Waals surface area (Å²) in [6.45, 7) is 0. The standard InChI is InChI=1S/C7H10NO4P/c8-11-13(10,12-9)6-7-4-2-1-3-5-7/h1-5,9H,6,8H2. The fourth-order valence-corrected chi connectivity index (χ4v) is 1.72. The summed E-state index contributed by atoms with van der Waals surface area (Å²) in [6, 6.07) is 8.81. The molecule has 5 nitrogen and oxygen atoms in total. The van der Waals surface area contributed by atoms with Crippen LogP contribution in [0, 0.1) is 0 Å². The van der Waals surface area contributed by atoms with Gasteiger partial charge in [0.1, 0.15) is 0 Å². The lowest BCUT2D eigenvalue weighted by Gasteiger charge is -2.09. The van der Waals surface area contributed by atoms with Crippen LogP contribution >= 0.6 is 7.60 Å². The van der Waals surface area contributed by atoms with E-state index in [1.165, 1.54) is 0 Å². The molecule has 1 unspecified atom stereocenters. The van der Waals surface area contributed by atoms with Gasteiger partial charge in [0, 0.05) is 0 Å². The molecule has 0 spiro atoms. The lowest BCUT2D eigenvalue weighted by molar-refractivity contribution is -0.149. The third-order valence-electron chi connectivity index (χ3n) is 1.50. The van der Waals surface area contributed by atoms with Gasteiger partial charge in [-0.1, -0.05) is 30.3 Å². The molecule has 0 aliphatic carbocycles. The molecule has 0 saturated heterocycles. The largest absolute Gasteiger partial charge is 0.377 e. The van der Waals surface area contributed by atoms with Gasteiger partial charge in [0.2, 0.25) is 0 Å². The summed E-state index contributed by atoms with van der Waals surface area (Å²) >= 11 is 0. The van der Waals surface area contributed by atoms with Gasteiger partial charge in [0.15, 0.2) is 0 Å². The highest BCUT2D eigenvalue weighted by atomic mass is 31.2. The fourth-order valence-electron chi connectivity index (χ4n) is 0.892. The van der Waals surface area contributed by atoms with Gasteiger partial charge in [-0.3, -0.25) is 4.57 Å². The molecule has 0 amide bonds. The minimum Gasteiger partial charge on any atom is -0.256 e. The van der Waals surface area contributed by atoms with E-state index >= 15 is 0 Å². The van der Waals surface area contributed by atoms with E-state index in [0.717, 1.165) is 0 Å². The van der Waals surface area contributed by atoms with Crippen molar-refractivity contribution >= 4 is 7.60 Å². The first-order valence-corrected chi connectivity index (χ1v) is 5.27. The molecule has 0 saturated carbocycles. The minimum atomic E-state index is -3.57. The first-order chi connectivity index (χ1) is 6.20. The summed E-state index contributed by atoms with van der Waals surface area (Å²) in [5.41, 5.74) is 0.713. The van der Waals surface area contributed by atoms with Crippen LogP contribution in [0.2, 0.25) is 0 Å². The number of hydrogen-bond acceptors (Lipinski definition) is 5. The maximum Gasteiger partial charge on any atom is 0.377 e. The van der Waals surface area contributed by atoms with Crippen molar-refractivity contribution in [1.82, 2.24) is 0 Å². The monoisotopic (exact) mass is 203 g/mol. The lowest BCUT2D eigenvalue weighted by Crippen LogP contribution is -2.01. The van der Waals surface area contributed by atoms with E-state index in [4.69, 9.17) is 11.2 Å². The lowest BCUT2D eigenvalue weighted by atomic mass is 10.2. The molecule has 6 heteroatoms. The Labute approximate surface area is 75.5 Å². The summed E-state index contributed by atoms with van der Waals surface area (Å²) in [5.74, 6) is 4.72. The van der Waals surface area contributed by atoms with Gasteiger partial charge >= 0.3 is 7.60 Å². The first kappa shape index (κ1) is 10.4. The van der Waals surface area contributed by atoms with Gasteiger partial charge in [-0.05, 0) is 5.56 Å². The molecular formula is C7H10NO4P. The summed E-state index contributed by atoms with van der Waals surface area (Å²) in [6.07, 6.45) is -0.0547. The maximum atomic E-state index is 11.3. The van der Waals surface area contributed by atoms with E-state index in [1.807, 2.05) is 6.07 Å². The van der Waals surface area contributed by atoms with Crippen LogP contribution in [-0.2, 0) is 20.0 Å². The highest BCUT2D eigenvalue weighted by molar-refractivity contribution is 7.52. The second-order valence-corrected chi connectivity index (χ2v) is 4.35. The molecule has 0 fully saturated rings. The van der Waals surface area contributed by atoms with Gasteiger partial charge in [-0.15, -0.1) is 0 Å². The minimum absolute atomic E-state index is 0.0547. The third-order valence-corrected chi connectivity index (χ3v) is 2.83. The number of nitrogens with two attached hydrogens (primary N) is 1. The van der Waals surface area contributed by atoms with Crippen LogP contribution in [0.1, 0.15) is 5.56 Å². The molecule has 0 aliphatic rings. The second kappa shape index (κ2) is 4.50. The van der Waals surface area contributed by atoms with Crippen molar-refractivity contribution in [2.75, 3.05) is 0 Å². The van der Waals surface area contributed by atoms with E-state index in [9.17, 15) is 4.57 Å². The average Bonchev–Trinajstić information content (AvgIpc) is 2.19. The maximum absolute atomic E-state index is 11.3. The van der Waals surface area contributed by atoms with Crippen molar-refractivity contribution in [2.45, 2.75) is 6.16 Å². The van der Waals surface area contributed by atoms with Crippen molar-refractivity contribution in [2.24, 2.45) is 5.90 Å². The molecule has 72 valence electrons. The Balaban J connectivity index is 2.74. The van der Waals surface area contributed by atoms with E-state index < -0.39 is 7.60 Å². The molecular weight excluding hydrogens is 193 g/mol. The van der Waals surface area contributed by atoms with Crippen LogP contribution in [0.25, 0.3) is 0 Å². The van der Waals surface area contributed by atoms with Gasteiger partial charge in [-0.2, -0.15) is 4.67 Å². The Bertz CT molecular complexity index is 295. The Morgan fingerprint density at radius 1 is 1.38 bits per heavy atom. The zero-order chi connectivity index (χ0) is 9.73.